The molecule has 2 N–H and O–H groups in total. The lowest BCUT2D eigenvalue weighted by Gasteiger charge is -2.29. The third-order valence-electron chi connectivity index (χ3n) is 3.77. The first kappa shape index (κ1) is 13.3. The molecular weight excluding hydrogens is 259 g/mol. The van der Waals surface area contributed by atoms with Crippen molar-refractivity contribution in [3.05, 3.63) is 35.8 Å². The summed E-state index contributed by atoms with van der Waals surface area (Å²) in [6, 6.07) is 6.51. The second kappa shape index (κ2) is 5.34. The van der Waals surface area contributed by atoms with Gasteiger partial charge >= 0.3 is 0 Å². The fourth-order valence-electron chi connectivity index (χ4n) is 2.56. The van der Waals surface area contributed by atoms with Crippen molar-refractivity contribution in [2.75, 3.05) is 19.6 Å². The van der Waals surface area contributed by atoms with Crippen molar-refractivity contribution in [1.29, 1.82) is 0 Å². The zero-order chi connectivity index (χ0) is 14.1. The topological polar surface area (TPSA) is 59.5 Å². The Bertz CT molecular complexity index is 630. The Morgan fingerprint density at radius 3 is 2.85 bits per heavy atom. The molecule has 0 aliphatic carbocycles. The minimum atomic E-state index is -0.439. The third-order valence-corrected chi connectivity index (χ3v) is 3.77. The van der Waals surface area contributed by atoms with Crippen LogP contribution in [0.1, 0.15) is 23.4 Å². The van der Waals surface area contributed by atoms with Crippen molar-refractivity contribution >= 4 is 16.8 Å². The summed E-state index contributed by atoms with van der Waals surface area (Å²) in [5, 5.41) is 0.619. The van der Waals surface area contributed by atoms with Crippen LogP contribution in [0.3, 0.4) is 0 Å². The van der Waals surface area contributed by atoms with E-state index in [1.54, 1.807) is 18.2 Å². The normalized spacial score (nSPS) is 17.7. The number of hydrogen-bond acceptors (Lipinski definition) is 4. The van der Waals surface area contributed by atoms with Crippen LogP contribution in [-0.2, 0) is 0 Å². The van der Waals surface area contributed by atoms with Gasteiger partial charge < -0.3 is 10.2 Å². The summed E-state index contributed by atoms with van der Waals surface area (Å²) >= 11 is 0. The van der Waals surface area contributed by atoms with E-state index < -0.39 is 5.82 Å². The van der Waals surface area contributed by atoms with E-state index in [1.165, 1.54) is 6.07 Å². The van der Waals surface area contributed by atoms with Crippen molar-refractivity contribution in [3.8, 4) is 0 Å². The Kier molecular flexibility index (Phi) is 3.54. The molecule has 0 unspecified atom stereocenters. The zero-order valence-electron chi connectivity index (χ0n) is 11.1. The maximum Gasteiger partial charge on any atom is 0.211 e. The maximum atomic E-state index is 13.5. The summed E-state index contributed by atoms with van der Waals surface area (Å²) in [6.07, 6.45) is 1.81. The molecule has 0 radical (unpaired) electrons. The first-order valence-corrected chi connectivity index (χ1v) is 6.82. The van der Waals surface area contributed by atoms with Crippen molar-refractivity contribution in [2.24, 2.45) is 5.73 Å². The third kappa shape index (κ3) is 2.59. The van der Waals surface area contributed by atoms with E-state index >= 15 is 0 Å². The second-order valence-corrected chi connectivity index (χ2v) is 5.31. The average molecular weight is 276 g/mol. The Morgan fingerprint density at radius 2 is 2.15 bits per heavy atom. The van der Waals surface area contributed by atoms with Crippen LogP contribution in [0.4, 0.5) is 4.39 Å². The molecule has 1 aromatic carbocycles. The van der Waals surface area contributed by atoms with Gasteiger partial charge in [0.15, 0.2) is 17.2 Å². The largest absolute Gasteiger partial charge is 0.450 e. The molecule has 0 spiro atoms. The quantitative estimate of drug-likeness (QED) is 0.873. The number of para-hydroxylation sites is 1. The van der Waals surface area contributed by atoms with Gasteiger partial charge in [-0.3, -0.25) is 9.69 Å². The predicted octanol–water partition coefficient (Wildman–Crippen LogP) is 2.18. The Hall–Kier alpha value is -1.72. The number of halogens is 1. The molecule has 1 saturated heterocycles. The van der Waals surface area contributed by atoms with Gasteiger partial charge in [-0.1, -0.05) is 12.1 Å². The molecule has 20 heavy (non-hydrogen) atoms. The van der Waals surface area contributed by atoms with Crippen LogP contribution in [0.25, 0.3) is 11.0 Å². The highest BCUT2D eigenvalue weighted by molar-refractivity contribution is 5.98. The van der Waals surface area contributed by atoms with Gasteiger partial charge in [0.1, 0.15) is 0 Å². The molecule has 2 heterocycles. The van der Waals surface area contributed by atoms with E-state index in [0.29, 0.717) is 11.9 Å². The first-order valence-electron chi connectivity index (χ1n) is 6.82. The second-order valence-electron chi connectivity index (χ2n) is 5.31. The monoisotopic (exact) mass is 276 g/mol. The number of hydrogen-bond donors (Lipinski definition) is 1. The van der Waals surface area contributed by atoms with Gasteiger partial charge in [0, 0.05) is 24.5 Å². The number of ketones is 1. The highest BCUT2D eigenvalue weighted by Gasteiger charge is 2.21. The lowest BCUT2D eigenvalue weighted by Crippen LogP contribution is -2.41. The molecule has 5 heteroatoms. The fraction of sp³-hybridized carbons (Fsp3) is 0.400. The van der Waals surface area contributed by atoms with E-state index in [0.717, 1.165) is 25.9 Å². The Balaban J connectivity index is 1.74. The predicted molar refractivity (Wildman–Crippen MR) is 74.2 cm³/mol. The molecule has 0 atom stereocenters. The molecular formula is C15H17FN2O2. The molecule has 1 aliphatic rings. The number of Topliss-reactive ketones (excluding diaryl/α,β-unsaturated/α-hetero) is 1. The number of likely N-dealkylation sites (tertiary alicyclic amines) is 1. The maximum absolute atomic E-state index is 13.5. The van der Waals surface area contributed by atoms with Crippen LogP contribution in [0, 0.1) is 5.82 Å². The lowest BCUT2D eigenvalue weighted by atomic mass is 10.1. The van der Waals surface area contributed by atoms with Crippen molar-refractivity contribution in [3.63, 3.8) is 0 Å². The van der Waals surface area contributed by atoms with E-state index in [4.69, 9.17) is 10.2 Å². The number of nitrogens with zero attached hydrogens (tertiary/aromatic N) is 1. The number of carbonyl (C=O) groups excluding carboxylic acids is 1. The number of piperidine rings is 1. The molecule has 0 bridgehead atoms. The number of nitrogens with two attached hydrogens (primary N) is 1. The molecule has 4 nitrogen and oxygen atoms in total. The van der Waals surface area contributed by atoms with Gasteiger partial charge in [0.2, 0.25) is 5.78 Å². The number of benzene rings is 1. The summed E-state index contributed by atoms with van der Waals surface area (Å²) in [5.41, 5.74) is 5.98. The van der Waals surface area contributed by atoms with Crippen molar-refractivity contribution < 1.29 is 13.6 Å². The van der Waals surface area contributed by atoms with Gasteiger partial charge in [0.25, 0.3) is 0 Å². The van der Waals surface area contributed by atoms with Crippen LogP contribution < -0.4 is 5.73 Å². The summed E-state index contributed by atoms with van der Waals surface area (Å²) in [5.74, 6) is -0.332. The Labute approximate surface area is 116 Å². The van der Waals surface area contributed by atoms with Crippen LogP contribution >= 0.6 is 0 Å². The number of rotatable bonds is 3. The number of carbonyl (C=O) groups is 1. The van der Waals surface area contributed by atoms with Crippen molar-refractivity contribution in [2.45, 2.75) is 18.9 Å². The van der Waals surface area contributed by atoms with Crippen LogP contribution in [0.2, 0.25) is 0 Å². The smallest absolute Gasteiger partial charge is 0.211 e. The number of fused-ring (bicyclic) bond motifs is 1. The van der Waals surface area contributed by atoms with Gasteiger partial charge in [-0.2, -0.15) is 0 Å². The summed E-state index contributed by atoms with van der Waals surface area (Å²) < 4.78 is 18.9. The van der Waals surface area contributed by atoms with Crippen molar-refractivity contribution in [1.82, 2.24) is 4.90 Å². The molecule has 1 aliphatic heterocycles. The summed E-state index contributed by atoms with van der Waals surface area (Å²) in [4.78, 5) is 14.3. The molecule has 1 aromatic heterocycles. The molecule has 106 valence electrons. The molecule has 0 saturated carbocycles. The number of furan rings is 1. The SMILES string of the molecule is NC1CCN(CC(=O)c2cc3cccc(F)c3o2)CC1. The van der Waals surface area contributed by atoms with E-state index in [-0.39, 0.29) is 23.2 Å². The molecule has 2 aromatic rings. The van der Waals surface area contributed by atoms with Crippen LogP contribution in [-0.4, -0.2) is 36.4 Å². The highest BCUT2D eigenvalue weighted by Crippen LogP contribution is 2.22. The van der Waals surface area contributed by atoms with Gasteiger partial charge in [0.05, 0.1) is 6.54 Å². The van der Waals surface area contributed by atoms with Crippen LogP contribution in [0.15, 0.2) is 28.7 Å². The minimum Gasteiger partial charge on any atom is -0.450 e. The van der Waals surface area contributed by atoms with Gasteiger partial charge in [-0.15, -0.1) is 0 Å². The molecule has 3 rings (SSSR count). The standard InChI is InChI=1S/C15H17FN2O2/c16-12-3-1-2-10-8-14(20-15(10)12)13(19)9-18-6-4-11(17)5-7-18/h1-3,8,11H,4-7,9,17H2. The fourth-order valence-corrected chi connectivity index (χ4v) is 2.56. The van der Waals surface area contributed by atoms with E-state index in [9.17, 15) is 9.18 Å². The van der Waals surface area contributed by atoms with E-state index in [1.807, 2.05) is 0 Å². The highest BCUT2D eigenvalue weighted by atomic mass is 19.1. The molecule has 0 amide bonds. The average Bonchev–Trinajstić information content (AvgIpc) is 2.87. The van der Waals surface area contributed by atoms with Gasteiger partial charge in [-0.25, -0.2) is 4.39 Å². The van der Waals surface area contributed by atoms with E-state index in [2.05, 4.69) is 4.90 Å². The molecule has 1 fully saturated rings. The minimum absolute atomic E-state index is 0.115. The summed E-state index contributed by atoms with van der Waals surface area (Å²) in [7, 11) is 0. The first-order chi connectivity index (χ1) is 9.63. The lowest BCUT2D eigenvalue weighted by molar-refractivity contribution is 0.0884. The summed E-state index contributed by atoms with van der Waals surface area (Å²) in [6.45, 7) is 1.94. The zero-order valence-corrected chi connectivity index (χ0v) is 11.1. The van der Waals surface area contributed by atoms with Gasteiger partial charge in [-0.05, 0) is 25.0 Å². The Morgan fingerprint density at radius 1 is 1.40 bits per heavy atom. The van der Waals surface area contributed by atoms with Crippen LogP contribution in [0.5, 0.6) is 0 Å².